The van der Waals surface area contributed by atoms with Gasteiger partial charge in [0.05, 0.1) is 11.1 Å². The lowest BCUT2D eigenvalue weighted by atomic mass is 9.68. The van der Waals surface area contributed by atoms with E-state index >= 15 is 0 Å². The van der Waals surface area contributed by atoms with Crippen LogP contribution in [0.5, 0.6) is 0 Å². The zero-order chi connectivity index (χ0) is 30.7. The Hall–Kier alpha value is -0.179. The second-order valence-corrected chi connectivity index (χ2v) is 30.1. The van der Waals surface area contributed by atoms with E-state index < -0.39 is 69.4 Å². The van der Waals surface area contributed by atoms with Gasteiger partial charge in [-0.05, 0) is 61.9 Å². The van der Waals surface area contributed by atoms with Gasteiger partial charge in [-0.1, -0.05) is 55.4 Å². The standard InChI is InChI=1S/C24H56O8Si6/c1-15(2)21(5,6)23(35-31-33,29-37(9,10)11)17(19(25)26)18(20(27)28)24(36-32-34,30-38(12,13)14)22(7,8)16(3)4/h15-16H,35-36H2,1-14,33-34H3,(H,25,26)(H,27,28). The third-order valence-electron chi connectivity index (χ3n) is 8.11. The first kappa shape index (κ1) is 37.8. The van der Waals surface area contributed by atoms with Crippen molar-refractivity contribution in [2.45, 2.75) is 105 Å². The molecule has 0 bridgehead atoms. The highest BCUT2D eigenvalue weighted by atomic mass is 28.4. The molecule has 0 aromatic rings. The second-order valence-electron chi connectivity index (χ2n) is 14.1. The molecule has 0 radical (unpaired) electrons. The van der Waals surface area contributed by atoms with Gasteiger partial charge in [-0.2, -0.15) is 0 Å². The van der Waals surface area contributed by atoms with Gasteiger partial charge < -0.3 is 27.3 Å². The van der Waals surface area contributed by atoms with Crippen molar-refractivity contribution in [1.82, 2.24) is 0 Å². The maximum Gasteiger partial charge on any atom is 0.334 e. The van der Waals surface area contributed by atoms with Gasteiger partial charge in [0.2, 0.25) is 0 Å². The van der Waals surface area contributed by atoms with Crippen LogP contribution >= 0.6 is 0 Å². The minimum Gasteiger partial charge on any atom is -0.478 e. The number of rotatable bonds is 16. The molecule has 8 nitrogen and oxygen atoms in total. The molecule has 2 N–H and O–H groups in total. The average Bonchev–Trinajstić information content (AvgIpc) is 2.67. The SMILES string of the molecule is CC(C)C(C)(C)C(O[Si](C)(C)C)([SiH2]O[SiH3])C(C(=O)O)=C(C(=O)O)C(O[Si](C)(C)C)([SiH2]O[SiH3])C(C)(C)C(C)C. The van der Waals surface area contributed by atoms with Crippen LogP contribution < -0.4 is 0 Å². The fourth-order valence-electron chi connectivity index (χ4n) is 4.93. The molecule has 0 saturated heterocycles. The summed E-state index contributed by atoms with van der Waals surface area (Å²) in [5, 5.41) is 19.3. The summed E-state index contributed by atoms with van der Waals surface area (Å²) in [4.78, 5) is 27.1. The number of carboxylic acids is 2. The van der Waals surface area contributed by atoms with Crippen LogP contribution in [0.25, 0.3) is 0 Å². The quantitative estimate of drug-likeness (QED) is 0.194. The maximum absolute atomic E-state index is 13.6. The summed E-state index contributed by atoms with van der Waals surface area (Å²) >= 11 is 0. The Morgan fingerprint density at radius 3 is 1.03 bits per heavy atom. The van der Waals surface area contributed by atoms with E-state index in [1.165, 1.54) is 0 Å². The molecule has 0 spiro atoms. The smallest absolute Gasteiger partial charge is 0.334 e. The summed E-state index contributed by atoms with van der Waals surface area (Å²) in [7, 11) is -7.53. The zero-order valence-electron chi connectivity index (χ0n) is 26.9. The lowest BCUT2D eigenvalue weighted by molar-refractivity contribution is -0.141. The monoisotopic (exact) mass is 640 g/mol. The molecule has 0 aliphatic carbocycles. The van der Waals surface area contributed by atoms with Gasteiger partial charge in [0, 0.05) is 0 Å². The second kappa shape index (κ2) is 13.2. The number of hydrogen-bond donors (Lipinski definition) is 2. The average molecular weight is 641 g/mol. The molecule has 14 heteroatoms. The Balaban J connectivity index is 8.77. The predicted molar refractivity (Wildman–Crippen MR) is 173 cm³/mol. The van der Waals surface area contributed by atoms with Gasteiger partial charge in [0.25, 0.3) is 0 Å². The van der Waals surface area contributed by atoms with E-state index in [-0.39, 0.29) is 23.0 Å². The molecule has 0 rings (SSSR count). The van der Waals surface area contributed by atoms with Gasteiger partial charge in [-0.3, -0.25) is 0 Å². The zero-order valence-corrected chi connectivity index (χ0v) is 35.7. The van der Waals surface area contributed by atoms with E-state index in [0.717, 1.165) is 0 Å². The van der Waals surface area contributed by atoms with Gasteiger partial charge in [0.15, 0.2) is 36.2 Å². The fraction of sp³-hybridized carbons (Fsp3) is 0.833. The van der Waals surface area contributed by atoms with E-state index in [1.54, 1.807) is 0 Å². The summed E-state index contributed by atoms with van der Waals surface area (Å²) in [5.41, 5.74) is -1.89. The third-order valence-corrected chi connectivity index (χ3v) is 16.5. The van der Waals surface area contributed by atoms with Crippen LogP contribution in [-0.4, -0.2) is 89.7 Å². The summed E-state index contributed by atoms with van der Waals surface area (Å²) in [6, 6.07) is 0. The minimum absolute atomic E-state index is 0.0231. The van der Waals surface area contributed by atoms with Gasteiger partial charge in [0.1, 0.15) is 31.4 Å². The van der Waals surface area contributed by atoms with Crippen LogP contribution in [0, 0.1) is 22.7 Å². The summed E-state index contributed by atoms with van der Waals surface area (Å²) in [6.45, 7) is 28.2. The normalized spacial score (nSPS) is 18.5. The molecule has 2 atom stereocenters. The van der Waals surface area contributed by atoms with Crippen LogP contribution in [0.2, 0.25) is 39.3 Å². The molecule has 0 heterocycles. The number of carbonyl (C=O) groups is 2. The molecule has 2 unspecified atom stereocenters. The van der Waals surface area contributed by atoms with Crippen LogP contribution in [0.1, 0.15) is 55.4 Å². The van der Waals surface area contributed by atoms with Gasteiger partial charge in [-0.25, -0.2) is 9.59 Å². The molecule has 0 aromatic heterocycles. The van der Waals surface area contributed by atoms with Crippen molar-refractivity contribution in [3.05, 3.63) is 11.1 Å². The van der Waals surface area contributed by atoms with Gasteiger partial charge in [-0.15, -0.1) is 0 Å². The molecule has 0 amide bonds. The van der Waals surface area contributed by atoms with Crippen molar-refractivity contribution in [2.24, 2.45) is 22.7 Å². The van der Waals surface area contributed by atoms with Crippen molar-refractivity contribution in [2.75, 3.05) is 0 Å². The Bertz CT molecular complexity index is 806. The molecular formula is C24H56O8Si6. The first-order valence-electron chi connectivity index (χ1n) is 13.4. The molecule has 0 saturated carbocycles. The van der Waals surface area contributed by atoms with Crippen LogP contribution in [0.3, 0.4) is 0 Å². The van der Waals surface area contributed by atoms with E-state index in [2.05, 4.69) is 0 Å². The maximum atomic E-state index is 13.6. The molecule has 38 heavy (non-hydrogen) atoms. The Labute approximate surface area is 244 Å². The lowest BCUT2D eigenvalue weighted by Gasteiger charge is -2.56. The molecule has 0 aromatic carbocycles. The summed E-state index contributed by atoms with van der Waals surface area (Å²) in [6.07, 6.45) is 0. The van der Waals surface area contributed by atoms with Crippen LogP contribution in [-0.2, 0) is 26.7 Å². The van der Waals surface area contributed by atoms with E-state index in [1.807, 2.05) is 94.7 Å². The van der Waals surface area contributed by atoms with Crippen molar-refractivity contribution in [3.63, 3.8) is 0 Å². The van der Waals surface area contributed by atoms with Crippen molar-refractivity contribution in [3.8, 4) is 0 Å². The van der Waals surface area contributed by atoms with E-state index in [0.29, 0.717) is 21.0 Å². The van der Waals surface area contributed by atoms with E-state index in [9.17, 15) is 19.8 Å². The number of aliphatic carboxylic acids is 2. The third kappa shape index (κ3) is 7.97. The topological polar surface area (TPSA) is 112 Å². The predicted octanol–water partition coefficient (Wildman–Crippen LogP) is 1.67. The first-order chi connectivity index (χ1) is 16.8. The molecule has 0 aliphatic heterocycles. The van der Waals surface area contributed by atoms with Crippen LogP contribution in [0.15, 0.2) is 11.1 Å². The lowest BCUT2D eigenvalue weighted by Crippen LogP contribution is -2.66. The van der Waals surface area contributed by atoms with E-state index in [4.69, 9.17) is 17.1 Å². The highest BCUT2D eigenvalue weighted by Crippen LogP contribution is 2.53. The summed E-state index contributed by atoms with van der Waals surface area (Å²) in [5.74, 6) is -2.62. The Morgan fingerprint density at radius 2 is 0.895 bits per heavy atom. The molecule has 224 valence electrons. The van der Waals surface area contributed by atoms with Crippen LogP contribution in [0.4, 0.5) is 0 Å². The summed E-state index contributed by atoms with van der Waals surface area (Å²) < 4.78 is 25.9. The Morgan fingerprint density at radius 1 is 0.658 bits per heavy atom. The highest BCUT2D eigenvalue weighted by Gasteiger charge is 2.62. The van der Waals surface area contributed by atoms with Crippen molar-refractivity contribution >= 4 is 69.1 Å². The first-order valence-corrected chi connectivity index (χ1v) is 24.4. The molecular weight excluding hydrogens is 585 g/mol. The number of carboxylic acid groups (broad SMARTS) is 2. The number of hydrogen-bond acceptors (Lipinski definition) is 6. The highest BCUT2D eigenvalue weighted by molar-refractivity contribution is 6.71. The van der Waals surface area contributed by atoms with Crippen molar-refractivity contribution in [1.29, 1.82) is 0 Å². The molecule has 0 fully saturated rings. The minimum atomic E-state index is -2.43. The largest absolute Gasteiger partial charge is 0.478 e. The van der Waals surface area contributed by atoms with Crippen molar-refractivity contribution < 1.29 is 36.9 Å². The van der Waals surface area contributed by atoms with Gasteiger partial charge >= 0.3 is 11.9 Å². The fourth-order valence-corrected chi connectivity index (χ4v) is 16.6. The molecule has 0 aliphatic rings. The Kier molecular flexibility index (Phi) is 13.1.